The molecule has 1 aliphatic heterocycles. The van der Waals surface area contributed by atoms with Crippen LogP contribution in [0.15, 0.2) is 47.3 Å². The van der Waals surface area contributed by atoms with Gasteiger partial charge in [0.25, 0.3) is 11.8 Å². The number of furan rings is 1. The average Bonchev–Trinajstić information content (AvgIpc) is 3.37. The highest BCUT2D eigenvalue weighted by atomic mass is 16.5. The molecule has 0 saturated carbocycles. The first-order chi connectivity index (χ1) is 13.0. The quantitative estimate of drug-likeness (QED) is 0.721. The Hall–Kier alpha value is -3.13. The van der Waals surface area contributed by atoms with Gasteiger partial charge in [0, 0.05) is 18.0 Å². The molecule has 0 radical (unpaired) electrons. The number of amides is 3. The van der Waals surface area contributed by atoms with E-state index in [0.29, 0.717) is 23.5 Å². The maximum atomic E-state index is 12.2. The molecule has 1 aromatic heterocycles. The van der Waals surface area contributed by atoms with E-state index in [1.807, 2.05) is 0 Å². The molecule has 1 aliphatic rings. The summed E-state index contributed by atoms with van der Waals surface area (Å²) in [6, 6.07) is 7.52. The minimum Gasteiger partial charge on any atom is -0.472 e. The topological polar surface area (TPSA) is 110 Å². The van der Waals surface area contributed by atoms with Crippen LogP contribution >= 0.6 is 0 Å². The maximum Gasteiger partial charge on any atom is 0.255 e. The molecule has 2 heterocycles. The number of ether oxygens (including phenoxy) is 1. The van der Waals surface area contributed by atoms with E-state index in [2.05, 4.69) is 16.0 Å². The molecule has 0 aliphatic carbocycles. The normalized spacial score (nSPS) is 17.1. The Kier molecular flexibility index (Phi) is 5.87. The lowest BCUT2D eigenvalue weighted by atomic mass is 10.2. The third-order valence-electron chi connectivity index (χ3n) is 4.17. The van der Waals surface area contributed by atoms with Crippen LogP contribution in [-0.4, -0.2) is 36.5 Å². The van der Waals surface area contributed by atoms with Crippen molar-refractivity contribution in [3.05, 3.63) is 48.4 Å². The number of rotatable bonds is 6. The lowest BCUT2D eigenvalue weighted by molar-refractivity contribution is -0.124. The fourth-order valence-electron chi connectivity index (χ4n) is 2.63. The molecule has 3 rings (SSSR count). The first-order valence-electron chi connectivity index (χ1n) is 8.69. The molecule has 2 atom stereocenters. The molecular weight excluding hydrogens is 350 g/mol. The second-order valence-corrected chi connectivity index (χ2v) is 6.26. The third kappa shape index (κ3) is 4.95. The van der Waals surface area contributed by atoms with Crippen LogP contribution in [0.25, 0.3) is 0 Å². The molecule has 0 bridgehead atoms. The van der Waals surface area contributed by atoms with Crippen LogP contribution in [0, 0.1) is 0 Å². The van der Waals surface area contributed by atoms with Crippen LogP contribution < -0.4 is 16.0 Å². The van der Waals surface area contributed by atoms with Crippen molar-refractivity contribution in [2.24, 2.45) is 0 Å². The van der Waals surface area contributed by atoms with Gasteiger partial charge in [-0.25, -0.2) is 0 Å². The third-order valence-corrected chi connectivity index (χ3v) is 4.17. The summed E-state index contributed by atoms with van der Waals surface area (Å²) in [5.74, 6) is -0.915. The van der Waals surface area contributed by atoms with Crippen LogP contribution in [0.4, 0.5) is 11.4 Å². The van der Waals surface area contributed by atoms with Gasteiger partial charge in [0.15, 0.2) is 0 Å². The summed E-state index contributed by atoms with van der Waals surface area (Å²) in [5.41, 5.74) is 1.52. The van der Waals surface area contributed by atoms with E-state index >= 15 is 0 Å². The zero-order valence-corrected chi connectivity index (χ0v) is 14.9. The number of anilines is 2. The molecule has 0 spiro atoms. The monoisotopic (exact) mass is 371 g/mol. The number of benzene rings is 1. The van der Waals surface area contributed by atoms with Gasteiger partial charge in [-0.15, -0.1) is 0 Å². The summed E-state index contributed by atoms with van der Waals surface area (Å²) in [4.78, 5) is 36.2. The Balaban J connectivity index is 1.50. The minimum atomic E-state index is -0.730. The van der Waals surface area contributed by atoms with Crippen molar-refractivity contribution < 1.29 is 23.5 Å². The molecule has 2 aromatic rings. The van der Waals surface area contributed by atoms with Crippen LogP contribution in [0.2, 0.25) is 0 Å². The van der Waals surface area contributed by atoms with Gasteiger partial charge in [0.05, 0.1) is 11.8 Å². The number of carbonyl (C=O) groups excluding carboxylic acids is 3. The summed E-state index contributed by atoms with van der Waals surface area (Å²) < 4.78 is 10.2. The standard InChI is InChI=1S/C19H21N3O5/c1-12(20-18(24)13-8-10-26-11-13)17(23)21-14-4-6-15(7-5-14)22-19(25)16-3-2-9-27-16/h4-8,10-12,16H,2-3,9H2,1H3,(H,20,24)(H,21,23)(H,22,25)/t12-,16+/m1/s1. The van der Waals surface area contributed by atoms with E-state index in [4.69, 9.17) is 9.15 Å². The Morgan fingerprint density at radius 2 is 1.78 bits per heavy atom. The Bertz CT molecular complexity index is 795. The zero-order chi connectivity index (χ0) is 19.2. The molecular formula is C19H21N3O5. The zero-order valence-electron chi connectivity index (χ0n) is 14.9. The first kappa shape index (κ1) is 18.7. The second-order valence-electron chi connectivity index (χ2n) is 6.26. The van der Waals surface area contributed by atoms with Crippen molar-refractivity contribution in [2.75, 3.05) is 17.2 Å². The van der Waals surface area contributed by atoms with Crippen molar-refractivity contribution in [1.82, 2.24) is 5.32 Å². The highest BCUT2D eigenvalue weighted by molar-refractivity contribution is 6.01. The van der Waals surface area contributed by atoms with Crippen molar-refractivity contribution >= 4 is 29.1 Å². The largest absolute Gasteiger partial charge is 0.472 e. The molecule has 1 fully saturated rings. The predicted molar refractivity (Wildman–Crippen MR) is 98.3 cm³/mol. The Morgan fingerprint density at radius 1 is 1.07 bits per heavy atom. The van der Waals surface area contributed by atoms with Gasteiger partial charge in [0.2, 0.25) is 5.91 Å². The summed E-state index contributed by atoms with van der Waals surface area (Å²) in [7, 11) is 0. The minimum absolute atomic E-state index is 0.167. The lowest BCUT2D eigenvalue weighted by Gasteiger charge is -2.14. The molecule has 142 valence electrons. The van der Waals surface area contributed by atoms with Crippen molar-refractivity contribution in [3.8, 4) is 0 Å². The highest BCUT2D eigenvalue weighted by Crippen LogP contribution is 2.17. The number of nitrogens with one attached hydrogen (secondary N) is 3. The first-order valence-corrected chi connectivity index (χ1v) is 8.69. The predicted octanol–water partition coefficient (Wildman–Crippen LogP) is 2.15. The maximum absolute atomic E-state index is 12.2. The molecule has 1 saturated heterocycles. The van der Waals surface area contributed by atoms with E-state index < -0.39 is 18.1 Å². The van der Waals surface area contributed by atoms with Gasteiger partial charge < -0.3 is 25.1 Å². The van der Waals surface area contributed by atoms with Gasteiger partial charge in [-0.3, -0.25) is 14.4 Å². The number of hydrogen-bond donors (Lipinski definition) is 3. The Morgan fingerprint density at radius 3 is 2.37 bits per heavy atom. The molecule has 27 heavy (non-hydrogen) atoms. The average molecular weight is 371 g/mol. The highest BCUT2D eigenvalue weighted by Gasteiger charge is 2.23. The molecule has 0 unspecified atom stereocenters. The Labute approximate surface area is 156 Å². The van der Waals surface area contributed by atoms with Crippen molar-refractivity contribution in [1.29, 1.82) is 0 Å². The lowest BCUT2D eigenvalue weighted by Crippen LogP contribution is -2.41. The SMILES string of the molecule is C[C@@H](NC(=O)c1ccoc1)C(=O)Nc1ccc(NC(=O)[C@@H]2CCCO2)cc1. The number of carbonyl (C=O) groups is 3. The van der Waals surface area contributed by atoms with Gasteiger partial charge in [-0.2, -0.15) is 0 Å². The van der Waals surface area contributed by atoms with Crippen LogP contribution in [-0.2, 0) is 14.3 Å². The van der Waals surface area contributed by atoms with Gasteiger partial charge in [-0.05, 0) is 50.1 Å². The van der Waals surface area contributed by atoms with Crippen LogP contribution in [0.5, 0.6) is 0 Å². The summed E-state index contributed by atoms with van der Waals surface area (Å²) in [5, 5.41) is 8.09. The molecule has 1 aromatic carbocycles. The molecule has 3 N–H and O–H groups in total. The summed E-state index contributed by atoms with van der Waals surface area (Å²) in [6.07, 6.45) is 3.91. The fourth-order valence-corrected chi connectivity index (χ4v) is 2.63. The van der Waals surface area contributed by atoms with Crippen LogP contribution in [0.1, 0.15) is 30.1 Å². The molecule has 8 nitrogen and oxygen atoms in total. The van der Waals surface area contributed by atoms with Crippen molar-refractivity contribution in [2.45, 2.75) is 31.9 Å². The van der Waals surface area contributed by atoms with Crippen molar-refractivity contribution in [3.63, 3.8) is 0 Å². The molecule has 3 amide bonds. The van der Waals surface area contributed by atoms with E-state index in [0.717, 1.165) is 12.8 Å². The fraction of sp³-hybridized carbons (Fsp3) is 0.316. The molecule has 8 heteroatoms. The van der Waals surface area contributed by atoms with E-state index in [1.54, 1.807) is 31.2 Å². The van der Waals surface area contributed by atoms with Crippen LogP contribution in [0.3, 0.4) is 0 Å². The van der Waals surface area contributed by atoms with E-state index in [9.17, 15) is 14.4 Å². The van der Waals surface area contributed by atoms with Gasteiger partial charge >= 0.3 is 0 Å². The van der Waals surface area contributed by atoms with E-state index in [-0.39, 0.29) is 11.8 Å². The number of hydrogen-bond acceptors (Lipinski definition) is 5. The second kappa shape index (κ2) is 8.50. The van der Waals surface area contributed by atoms with Gasteiger partial charge in [-0.1, -0.05) is 0 Å². The van der Waals surface area contributed by atoms with E-state index in [1.165, 1.54) is 18.6 Å². The van der Waals surface area contributed by atoms with Gasteiger partial charge in [0.1, 0.15) is 18.4 Å². The summed E-state index contributed by atoms with van der Waals surface area (Å²) >= 11 is 0. The smallest absolute Gasteiger partial charge is 0.255 e. The summed E-state index contributed by atoms with van der Waals surface area (Å²) in [6.45, 7) is 2.20.